The van der Waals surface area contributed by atoms with Crippen molar-refractivity contribution in [2.75, 3.05) is 11.9 Å². The minimum absolute atomic E-state index is 0.0799. The molecule has 9 heteroatoms. The van der Waals surface area contributed by atoms with Gasteiger partial charge in [-0.25, -0.2) is 9.97 Å². The minimum Gasteiger partial charge on any atom is -0.363 e. The summed E-state index contributed by atoms with van der Waals surface area (Å²) >= 11 is 0. The van der Waals surface area contributed by atoms with Crippen LogP contribution in [0.15, 0.2) is 29.2 Å². The van der Waals surface area contributed by atoms with Crippen LogP contribution in [0.5, 0.6) is 0 Å². The number of aryl methyl sites for hydroxylation is 2. The molecule has 1 saturated carbocycles. The van der Waals surface area contributed by atoms with E-state index in [1.165, 1.54) is 13.0 Å². The van der Waals surface area contributed by atoms with E-state index in [9.17, 15) is 18.0 Å². The number of rotatable bonds is 6. The van der Waals surface area contributed by atoms with Gasteiger partial charge in [0.1, 0.15) is 11.6 Å². The fourth-order valence-electron chi connectivity index (χ4n) is 5.72. The summed E-state index contributed by atoms with van der Waals surface area (Å²) in [7, 11) is 0. The van der Waals surface area contributed by atoms with Crippen LogP contribution in [0.25, 0.3) is 10.9 Å². The average molecular weight is 502 g/mol. The number of pyridine rings is 1. The highest BCUT2D eigenvalue weighted by molar-refractivity contribution is 5.90. The highest BCUT2D eigenvalue weighted by Crippen LogP contribution is 2.39. The summed E-state index contributed by atoms with van der Waals surface area (Å²) in [5, 5.41) is 4.00. The van der Waals surface area contributed by atoms with E-state index in [0.29, 0.717) is 46.6 Å². The number of benzene rings is 1. The van der Waals surface area contributed by atoms with Crippen molar-refractivity contribution in [2.24, 2.45) is 5.73 Å². The van der Waals surface area contributed by atoms with Gasteiger partial charge in [-0.3, -0.25) is 4.79 Å². The summed E-state index contributed by atoms with van der Waals surface area (Å²) in [6.07, 6.45) is 3.07. The molecule has 0 saturated heterocycles. The van der Waals surface area contributed by atoms with Crippen molar-refractivity contribution < 1.29 is 13.2 Å². The highest BCUT2D eigenvalue weighted by Gasteiger charge is 2.35. The largest absolute Gasteiger partial charge is 0.416 e. The average Bonchev–Trinajstić information content (AvgIpc) is 2.81. The third-order valence-corrected chi connectivity index (χ3v) is 7.62. The summed E-state index contributed by atoms with van der Waals surface area (Å²) in [6, 6.07) is 3.75. The maximum Gasteiger partial charge on any atom is 0.416 e. The monoisotopic (exact) mass is 501 g/mol. The molecule has 4 rings (SSSR count). The first-order valence-corrected chi connectivity index (χ1v) is 12.5. The van der Waals surface area contributed by atoms with E-state index in [1.54, 1.807) is 19.9 Å². The van der Waals surface area contributed by atoms with Gasteiger partial charge in [-0.15, -0.1) is 0 Å². The van der Waals surface area contributed by atoms with Crippen LogP contribution in [0.4, 0.5) is 19.0 Å². The standard InChI is InChI=1S/C27H34F3N5O/c1-16-20(9-8-10-22(16)27(28,29)30)18(3)32-24-21-15-35(26(13-14-31)11-6-5-7-12-26)25(36)17(2)23(21)33-19(4)34-24/h8-10,15,18H,5-7,11-14,31H2,1-4H3,(H,32,33,34)/t18-/m0/s1. The van der Waals surface area contributed by atoms with Crippen LogP contribution >= 0.6 is 0 Å². The maximum absolute atomic E-state index is 13.5. The van der Waals surface area contributed by atoms with Crippen LogP contribution in [-0.4, -0.2) is 21.1 Å². The summed E-state index contributed by atoms with van der Waals surface area (Å²) in [6.45, 7) is 7.29. The molecule has 1 atom stereocenters. The molecule has 0 radical (unpaired) electrons. The lowest BCUT2D eigenvalue weighted by Gasteiger charge is -2.39. The zero-order valence-corrected chi connectivity index (χ0v) is 21.3. The first-order valence-electron chi connectivity index (χ1n) is 12.5. The Morgan fingerprint density at radius 1 is 1.11 bits per heavy atom. The fraction of sp³-hybridized carbons (Fsp3) is 0.519. The van der Waals surface area contributed by atoms with Crippen LogP contribution in [0.3, 0.4) is 0 Å². The van der Waals surface area contributed by atoms with E-state index >= 15 is 0 Å². The van der Waals surface area contributed by atoms with Gasteiger partial charge in [-0.2, -0.15) is 13.2 Å². The quantitative estimate of drug-likeness (QED) is 0.438. The Morgan fingerprint density at radius 2 is 1.81 bits per heavy atom. The molecule has 0 aliphatic heterocycles. The number of nitrogens with one attached hydrogen (secondary N) is 1. The van der Waals surface area contributed by atoms with E-state index in [0.717, 1.165) is 38.2 Å². The number of hydrogen-bond donors (Lipinski definition) is 2. The number of alkyl halides is 3. The second-order valence-electron chi connectivity index (χ2n) is 10.0. The van der Waals surface area contributed by atoms with Gasteiger partial charge < -0.3 is 15.6 Å². The second kappa shape index (κ2) is 9.84. The van der Waals surface area contributed by atoms with E-state index in [1.807, 2.05) is 17.7 Å². The van der Waals surface area contributed by atoms with Crippen molar-refractivity contribution in [3.8, 4) is 0 Å². The maximum atomic E-state index is 13.5. The Hall–Kier alpha value is -2.94. The minimum atomic E-state index is -4.43. The Kier molecular flexibility index (Phi) is 7.14. The third kappa shape index (κ3) is 4.73. The van der Waals surface area contributed by atoms with Crippen molar-refractivity contribution in [1.29, 1.82) is 0 Å². The lowest BCUT2D eigenvalue weighted by Crippen LogP contribution is -2.44. The number of anilines is 1. The van der Waals surface area contributed by atoms with Crippen LogP contribution in [0, 0.1) is 20.8 Å². The van der Waals surface area contributed by atoms with Crippen LogP contribution in [0.2, 0.25) is 0 Å². The Bertz CT molecular complexity index is 1320. The third-order valence-electron chi connectivity index (χ3n) is 7.62. The zero-order valence-electron chi connectivity index (χ0n) is 21.3. The number of nitrogens with zero attached hydrogens (tertiary/aromatic N) is 3. The summed E-state index contributed by atoms with van der Waals surface area (Å²) in [5.74, 6) is 0.977. The van der Waals surface area contributed by atoms with Crippen molar-refractivity contribution in [3.05, 3.63) is 62.8 Å². The van der Waals surface area contributed by atoms with E-state index in [4.69, 9.17) is 5.73 Å². The van der Waals surface area contributed by atoms with Gasteiger partial charge in [0.15, 0.2) is 0 Å². The topological polar surface area (TPSA) is 85.8 Å². The smallest absolute Gasteiger partial charge is 0.363 e. The van der Waals surface area contributed by atoms with Crippen LogP contribution in [-0.2, 0) is 11.7 Å². The molecule has 3 aromatic rings. The number of aromatic nitrogens is 3. The van der Waals surface area contributed by atoms with Gasteiger partial charge in [0.2, 0.25) is 0 Å². The van der Waals surface area contributed by atoms with Gasteiger partial charge in [0, 0.05) is 17.3 Å². The molecule has 0 unspecified atom stereocenters. The highest BCUT2D eigenvalue weighted by atomic mass is 19.4. The zero-order chi connectivity index (χ0) is 26.3. The first kappa shape index (κ1) is 26.1. The number of hydrogen-bond acceptors (Lipinski definition) is 5. The molecule has 0 amide bonds. The molecule has 1 aromatic carbocycles. The molecule has 2 heterocycles. The van der Waals surface area contributed by atoms with Gasteiger partial charge in [0.25, 0.3) is 5.56 Å². The molecule has 1 aliphatic carbocycles. The molecular formula is C27H34F3N5O. The molecule has 36 heavy (non-hydrogen) atoms. The van der Waals surface area contributed by atoms with Gasteiger partial charge in [0.05, 0.1) is 22.5 Å². The number of fused-ring (bicyclic) bond motifs is 1. The SMILES string of the molecule is Cc1nc(N[C@@H](C)c2cccc(C(F)(F)F)c2C)c2cn(C3(CCN)CCCCC3)c(=O)c(C)c2n1. The van der Waals surface area contributed by atoms with Crippen molar-refractivity contribution in [2.45, 2.75) is 84.0 Å². The van der Waals surface area contributed by atoms with E-state index in [-0.39, 0.29) is 16.7 Å². The predicted octanol–water partition coefficient (Wildman–Crippen LogP) is 5.92. The number of nitrogens with two attached hydrogens (primary N) is 1. The van der Waals surface area contributed by atoms with Gasteiger partial charge in [-0.1, -0.05) is 31.4 Å². The van der Waals surface area contributed by atoms with E-state index in [2.05, 4.69) is 15.3 Å². The molecule has 194 valence electrons. The van der Waals surface area contributed by atoms with Crippen LogP contribution in [0.1, 0.15) is 79.6 Å². The Labute approximate surface area is 209 Å². The van der Waals surface area contributed by atoms with Gasteiger partial charge >= 0.3 is 6.18 Å². The van der Waals surface area contributed by atoms with Crippen molar-refractivity contribution in [1.82, 2.24) is 14.5 Å². The van der Waals surface area contributed by atoms with Gasteiger partial charge in [-0.05, 0) is 70.7 Å². The van der Waals surface area contributed by atoms with Crippen molar-refractivity contribution in [3.63, 3.8) is 0 Å². The molecule has 2 aromatic heterocycles. The van der Waals surface area contributed by atoms with Crippen molar-refractivity contribution >= 4 is 16.7 Å². The second-order valence-corrected chi connectivity index (χ2v) is 10.0. The predicted molar refractivity (Wildman–Crippen MR) is 136 cm³/mol. The lowest BCUT2D eigenvalue weighted by atomic mass is 9.78. The fourth-order valence-corrected chi connectivity index (χ4v) is 5.72. The number of halogens is 3. The molecule has 3 N–H and O–H groups in total. The van der Waals surface area contributed by atoms with Crippen LogP contribution < -0.4 is 16.6 Å². The molecule has 1 fully saturated rings. The molecular weight excluding hydrogens is 467 g/mol. The normalized spacial score (nSPS) is 16.8. The first-order chi connectivity index (χ1) is 17.0. The summed E-state index contributed by atoms with van der Waals surface area (Å²) < 4.78 is 42.3. The molecule has 1 aliphatic rings. The van der Waals surface area contributed by atoms with E-state index < -0.39 is 17.8 Å². The molecule has 0 spiro atoms. The Morgan fingerprint density at radius 3 is 2.44 bits per heavy atom. The summed E-state index contributed by atoms with van der Waals surface area (Å²) in [4.78, 5) is 22.7. The Balaban J connectivity index is 1.85. The summed E-state index contributed by atoms with van der Waals surface area (Å²) in [5.41, 5.74) is 6.70. The molecule has 6 nitrogen and oxygen atoms in total. The molecule has 0 bridgehead atoms. The lowest BCUT2D eigenvalue weighted by molar-refractivity contribution is -0.138.